The van der Waals surface area contributed by atoms with Gasteiger partial charge < -0.3 is 5.11 Å². The molecule has 0 saturated heterocycles. The number of alkyl halides is 1. The van der Waals surface area contributed by atoms with Gasteiger partial charge in [-0.1, -0.05) is 28.1 Å². The number of ketones is 1. The first-order valence-corrected chi connectivity index (χ1v) is 4.46. The van der Waals surface area contributed by atoms with Gasteiger partial charge in [-0.3, -0.25) is 4.79 Å². The first-order chi connectivity index (χ1) is 5.61. The van der Waals surface area contributed by atoms with Crippen LogP contribution in [0.25, 0.3) is 0 Å². The number of halogens is 1. The first kappa shape index (κ1) is 9.26. The zero-order chi connectivity index (χ0) is 9.14. The van der Waals surface area contributed by atoms with E-state index in [1.807, 2.05) is 0 Å². The van der Waals surface area contributed by atoms with Crippen LogP contribution in [0.3, 0.4) is 0 Å². The summed E-state index contributed by atoms with van der Waals surface area (Å²) >= 11 is 3.24. The van der Waals surface area contributed by atoms with E-state index in [0.717, 1.165) is 5.56 Å². The number of benzene rings is 1. The van der Waals surface area contributed by atoms with Crippen molar-refractivity contribution in [1.29, 1.82) is 0 Å². The highest BCUT2D eigenvalue weighted by Crippen LogP contribution is 2.24. The van der Waals surface area contributed by atoms with Gasteiger partial charge in [0.15, 0.2) is 0 Å². The van der Waals surface area contributed by atoms with Crippen LogP contribution in [0, 0.1) is 0 Å². The van der Waals surface area contributed by atoms with Crippen molar-refractivity contribution in [2.45, 2.75) is 11.8 Å². The largest absolute Gasteiger partial charge is 0.508 e. The molecule has 0 radical (unpaired) electrons. The van der Waals surface area contributed by atoms with Crippen LogP contribution in [0.1, 0.15) is 17.3 Å². The molecule has 0 aromatic heterocycles. The van der Waals surface area contributed by atoms with Crippen molar-refractivity contribution in [2.75, 3.05) is 0 Å². The summed E-state index contributed by atoms with van der Waals surface area (Å²) in [6.45, 7) is 1.52. The van der Waals surface area contributed by atoms with Crippen LogP contribution in [-0.2, 0) is 4.79 Å². The Morgan fingerprint density at radius 1 is 1.42 bits per heavy atom. The van der Waals surface area contributed by atoms with Gasteiger partial charge in [-0.05, 0) is 24.6 Å². The second kappa shape index (κ2) is 3.72. The van der Waals surface area contributed by atoms with Gasteiger partial charge in [0.1, 0.15) is 11.5 Å². The second-order valence-electron chi connectivity index (χ2n) is 2.56. The molecule has 12 heavy (non-hydrogen) atoms. The molecule has 3 heteroatoms. The van der Waals surface area contributed by atoms with Crippen molar-refractivity contribution in [2.24, 2.45) is 0 Å². The molecule has 0 aliphatic heterocycles. The number of phenolic OH excluding ortho intramolecular Hbond substituents is 1. The molecular weight excluding hydrogens is 220 g/mol. The third-order valence-electron chi connectivity index (χ3n) is 1.54. The molecule has 1 aromatic carbocycles. The molecule has 1 N–H and O–H groups in total. The van der Waals surface area contributed by atoms with Crippen LogP contribution in [-0.4, -0.2) is 10.9 Å². The molecule has 64 valence electrons. The van der Waals surface area contributed by atoms with E-state index in [1.165, 1.54) is 6.92 Å². The highest BCUT2D eigenvalue weighted by Gasteiger charge is 2.11. The van der Waals surface area contributed by atoms with Crippen LogP contribution in [0.4, 0.5) is 0 Å². The molecular formula is C9H9BrO2. The summed E-state index contributed by atoms with van der Waals surface area (Å²) in [6, 6.07) is 6.56. The molecule has 2 nitrogen and oxygen atoms in total. The molecule has 0 spiro atoms. The summed E-state index contributed by atoms with van der Waals surface area (Å²) < 4.78 is 0. The smallest absolute Gasteiger partial charge is 0.147 e. The van der Waals surface area contributed by atoms with Crippen molar-refractivity contribution in [1.82, 2.24) is 0 Å². The lowest BCUT2D eigenvalue weighted by molar-refractivity contribution is -0.116. The third-order valence-corrected chi connectivity index (χ3v) is 2.72. The summed E-state index contributed by atoms with van der Waals surface area (Å²) in [7, 11) is 0. The maximum Gasteiger partial charge on any atom is 0.147 e. The Bertz CT molecular complexity index is 279. The summed E-state index contributed by atoms with van der Waals surface area (Å²) in [5.74, 6) is 0.266. The number of hydrogen-bond acceptors (Lipinski definition) is 2. The topological polar surface area (TPSA) is 37.3 Å². The highest BCUT2D eigenvalue weighted by atomic mass is 79.9. The number of phenols is 1. The van der Waals surface area contributed by atoms with E-state index in [0.29, 0.717) is 0 Å². The lowest BCUT2D eigenvalue weighted by Crippen LogP contribution is -1.99. The first-order valence-electron chi connectivity index (χ1n) is 3.54. The van der Waals surface area contributed by atoms with Crippen LogP contribution in [0.2, 0.25) is 0 Å². The summed E-state index contributed by atoms with van der Waals surface area (Å²) in [4.78, 5) is 10.7. The van der Waals surface area contributed by atoms with Crippen molar-refractivity contribution < 1.29 is 9.90 Å². The monoisotopic (exact) mass is 228 g/mol. The van der Waals surface area contributed by atoms with Gasteiger partial charge >= 0.3 is 0 Å². The molecule has 0 bridgehead atoms. The molecule has 1 atom stereocenters. The highest BCUT2D eigenvalue weighted by molar-refractivity contribution is 9.09. The number of carbonyl (C=O) groups is 1. The minimum atomic E-state index is -0.266. The van der Waals surface area contributed by atoms with Gasteiger partial charge in [-0.15, -0.1) is 0 Å². The Hall–Kier alpha value is -0.830. The fraction of sp³-hybridized carbons (Fsp3) is 0.222. The molecule has 0 heterocycles. The van der Waals surface area contributed by atoms with Crippen LogP contribution < -0.4 is 0 Å². The van der Waals surface area contributed by atoms with E-state index < -0.39 is 0 Å². The maximum absolute atomic E-state index is 10.9. The molecule has 1 aromatic rings. The molecule has 1 rings (SSSR count). The zero-order valence-corrected chi connectivity index (χ0v) is 8.21. The summed E-state index contributed by atoms with van der Waals surface area (Å²) in [6.07, 6.45) is 0. The molecule has 0 saturated carbocycles. The summed E-state index contributed by atoms with van der Waals surface area (Å²) in [5.41, 5.74) is 0.861. The summed E-state index contributed by atoms with van der Waals surface area (Å²) in [5, 5.41) is 8.98. The Morgan fingerprint density at radius 2 is 1.92 bits per heavy atom. The van der Waals surface area contributed by atoms with E-state index in [9.17, 15) is 4.79 Å². The van der Waals surface area contributed by atoms with Crippen LogP contribution in [0.5, 0.6) is 5.75 Å². The predicted molar refractivity (Wildman–Crippen MR) is 50.5 cm³/mol. The number of rotatable bonds is 2. The van der Waals surface area contributed by atoms with Gasteiger partial charge in [0.2, 0.25) is 0 Å². The van der Waals surface area contributed by atoms with Gasteiger partial charge in [0.05, 0.1) is 4.83 Å². The quantitative estimate of drug-likeness (QED) is 0.790. The molecule has 0 aliphatic carbocycles. The average molecular weight is 229 g/mol. The minimum absolute atomic E-state index is 0.0562. The fourth-order valence-electron chi connectivity index (χ4n) is 0.878. The van der Waals surface area contributed by atoms with Gasteiger partial charge in [-0.25, -0.2) is 0 Å². The Labute approximate surface area is 79.3 Å². The molecule has 0 unspecified atom stereocenters. The maximum atomic E-state index is 10.9. The standard InChI is InChI=1S/C9H9BrO2/c1-6(11)9(10)7-2-4-8(12)5-3-7/h2-5,9,12H,1H3/t9-/m1/s1. The second-order valence-corrected chi connectivity index (χ2v) is 3.48. The van der Waals surface area contributed by atoms with E-state index in [1.54, 1.807) is 24.3 Å². The van der Waals surface area contributed by atoms with Crippen molar-refractivity contribution in [3.05, 3.63) is 29.8 Å². The number of aromatic hydroxyl groups is 1. The van der Waals surface area contributed by atoms with E-state index in [-0.39, 0.29) is 16.4 Å². The van der Waals surface area contributed by atoms with Gasteiger partial charge in [0, 0.05) is 0 Å². The Balaban J connectivity index is 2.89. The van der Waals surface area contributed by atoms with Gasteiger partial charge in [0.25, 0.3) is 0 Å². The Morgan fingerprint density at radius 3 is 2.33 bits per heavy atom. The van der Waals surface area contributed by atoms with Gasteiger partial charge in [-0.2, -0.15) is 0 Å². The molecule has 0 amide bonds. The average Bonchev–Trinajstić information content (AvgIpc) is 2.04. The fourth-order valence-corrected chi connectivity index (χ4v) is 1.18. The number of Topliss-reactive ketones (excluding diaryl/α,β-unsaturated/α-hetero) is 1. The minimum Gasteiger partial charge on any atom is -0.508 e. The number of carbonyl (C=O) groups excluding carboxylic acids is 1. The lowest BCUT2D eigenvalue weighted by Gasteiger charge is -2.05. The Kier molecular flexibility index (Phi) is 2.87. The van der Waals surface area contributed by atoms with Crippen molar-refractivity contribution in [3.63, 3.8) is 0 Å². The SMILES string of the molecule is CC(=O)[C@@H](Br)c1ccc(O)cc1. The van der Waals surface area contributed by atoms with E-state index in [4.69, 9.17) is 5.11 Å². The van der Waals surface area contributed by atoms with Crippen LogP contribution >= 0.6 is 15.9 Å². The van der Waals surface area contributed by atoms with E-state index in [2.05, 4.69) is 15.9 Å². The van der Waals surface area contributed by atoms with Crippen molar-refractivity contribution in [3.8, 4) is 5.75 Å². The lowest BCUT2D eigenvalue weighted by atomic mass is 10.1. The van der Waals surface area contributed by atoms with E-state index >= 15 is 0 Å². The normalized spacial score (nSPS) is 12.5. The van der Waals surface area contributed by atoms with Crippen LogP contribution in [0.15, 0.2) is 24.3 Å². The zero-order valence-electron chi connectivity index (χ0n) is 6.62. The number of hydrogen-bond donors (Lipinski definition) is 1. The van der Waals surface area contributed by atoms with Crippen molar-refractivity contribution >= 4 is 21.7 Å². The molecule has 0 aliphatic rings. The third kappa shape index (κ3) is 2.08. The molecule has 0 fully saturated rings. The predicted octanol–water partition coefficient (Wildman–Crippen LogP) is 2.42.